The molecule has 0 nitrogen and oxygen atoms in total. The molecule has 0 saturated heterocycles. The molecule has 0 aliphatic carbocycles. The van der Waals surface area contributed by atoms with E-state index in [0.717, 1.165) is 0 Å². The maximum atomic E-state index is 2.33. The van der Waals surface area contributed by atoms with E-state index in [1.54, 1.807) is 0 Å². The Morgan fingerprint density at radius 3 is 1.30 bits per heavy atom. The fraction of sp³-hybridized carbons (Fsp3) is 0. The third-order valence-corrected chi connectivity index (χ3v) is 9.42. The summed E-state index contributed by atoms with van der Waals surface area (Å²) in [5.74, 6) is 0. The first-order valence-electron chi connectivity index (χ1n) is 15.9. The number of benzene rings is 9. The molecular formula is C46H30. The Hall–Kier alpha value is -5.98. The molecule has 0 fully saturated rings. The first kappa shape index (κ1) is 26.4. The van der Waals surface area contributed by atoms with E-state index in [2.05, 4.69) is 182 Å². The molecule has 46 heavy (non-hydrogen) atoms. The third kappa shape index (κ3) is 4.64. The lowest BCUT2D eigenvalue weighted by atomic mass is 9.92. The van der Waals surface area contributed by atoms with Crippen molar-refractivity contribution in [2.24, 2.45) is 0 Å². The van der Waals surface area contributed by atoms with Crippen molar-refractivity contribution in [2.45, 2.75) is 0 Å². The monoisotopic (exact) mass is 582 g/mol. The van der Waals surface area contributed by atoms with Crippen LogP contribution < -0.4 is 0 Å². The number of rotatable bonds is 4. The zero-order valence-electron chi connectivity index (χ0n) is 25.3. The molecule has 0 amide bonds. The molecule has 9 aromatic carbocycles. The van der Waals surface area contributed by atoms with Gasteiger partial charge in [0, 0.05) is 0 Å². The van der Waals surface area contributed by atoms with E-state index >= 15 is 0 Å². The van der Waals surface area contributed by atoms with E-state index in [1.807, 2.05) is 0 Å². The smallest absolute Gasteiger partial charge is 0.00990 e. The van der Waals surface area contributed by atoms with E-state index in [1.165, 1.54) is 87.6 Å². The molecule has 0 saturated carbocycles. The highest BCUT2D eigenvalue weighted by Gasteiger charge is 2.10. The molecule has 0 spiro atoms. The minimum Gasteiger partial charge on any atom is -0.0616 e. The Kier molecular flexibility index (Phi) is 6.25. The second kappa shape index (κ2) is 10.9. The first-order valence-corrected chi connectivity index (χ1v) is 15.9. The molecule has 9 rings (SSSR count). The van der Waals surface area contributed by atoms with Gasteiger partial charge in [-0.3, -0.25) is 0 Å². The summed E-state index contributed by atoms with van der Waals surface area (Å²) in [6.07, 6.45) is 0. The van der Waals surface area contributed by atoms with E-state index in [-0.39, 0.29) is 0 Å². The molecule has 0 N–H and O–H groups in total. The topological polar surface area (TPSA) is 0 Å². The minimum atomic E-state index is 1.22. The standard InChI is InChI=1S/C46H30/c1-2-9-34-26-38(21-18-31(34)8-1)35-11-7-12-36(27-35)39-24-25-40-28-37(22-23-41(40)29-39)32-16-19-33(20-17-32)46-30-42-10-3-4-13-43(42)44-14-5-6-15-45(44)46/h1-30H. The minimum absolute atomic E-state index is 1.22. The summed E-state index contributed by atoms with van der Waals surface area (Å²) >= 11 is 0. The molecule has 0 aliphatic rings. The molecule has 0 atom stereocenters. The van der Waals surface area contributed by atoms with Crippen LogP contribution in [0.3, 0.4) is 0 Å². The van der Waals surface area contributed by atoms with Crippen molar-refractivity contribution in [3.63, 3.8) is 0 Å². The molecule has 0 aliphatic heterocycles. The fourth-order valence-electron chi connectivity index (χ4n) is 6.99. The Bertz CT molecular complexity index is 2570. The Labute approximate surface area is 268 Å². The summed E-state index contributed by atoms with van der Waals surface area (Å²) in [6.45, 7) is 0. The normalized spacial score (nSPS) is 11.5. The Morgan fingerprint density at radius 1 is 0.196 bits per heavy atom. The van der Waals surface area contributed by atoms with Crippen molar-refractivity contribution in [1.29, 1.82) is 0 Å². The largest absolute Gasteiger partial charge is 0.0616 e. The maximum Gasteiger partial charge on any atom is -0.00990 e. The molecule has 214 valence electrons. The summed E-state index contributed by atoms with van der Waals surface area (Å²) in [7, 11) is 0. The number of hydrogen-bond acceptors (Lipinski definition) is 0. The van der Waals surface area contributed by atoms with Crippen molar-refractivity contribution in [1.82, 2.24) is 0 Å². The van der Waals surface area contributed by atoms with Gasteiger partial charge in [0.25, 0.3) is 0 Å². The van der Waals surface area contributed by atoms with Crippen LogP contribution in [0.5, 0.6) is 0 Å². The molecule has 0 bridgehead atoms. The van der Waals surface area contributed by atoms with Gasteiger partial charge in [-0.05, 0) is 118 Å². The molecule has 0 unspecified atom stereocenters. The van der Waals surface area contributed by atoms with Crippen LogP contribution in [-0.2, 0) is 0 Å². The summed E-state index contributed by atoms with van der Waals surface area (Å²) in [4.78, 5) is 0. The molecule has 0 heteroatoms. The predicted molar refractivity (Wildman–Crippen MR) is 198 cm³/mol. The van der Waals surface area contributed by atoms with Gasteiger partial charge >= 0.3 is 0 Å². The Morgan fingerprint density at radius 2 is 0.630 bits per heavy atom. The van der Waals surface area contributed by atoms with Crippen LogP contribution in [0.25, 0.3) is 87.6 Å². The van der Waals surface area contributed by atoms with Crippen LogP contribution in [0.1, 0.15) is 0 Å². The Balaban J connectivity index is 1.03. The molecule has 0 aromatic heterocycles. The number of hydrogen-bond donors (Lipinski definition) is 0. The quantitative estimate of drug-likeness (QED) is 0.181. The van der Waals surface area contributed by atoms with E-state index in [4.69, 9.17) is 0 Å². The summed E-state index contributed by atoms with van der Waals surface area (Å²) in [5.41, 5.74) is 9.91. The number of fused-ring (bicyclic) bond motifs is 5. The van der Waals surface area contributed by atoms with Crippen LogP contribution in [-0.4, -0.2) is 0 Å². The summed E-state index contributed by atoms with van der Waals surface area (Å²) in [6, 6.07) is 66.6. The van der Waals surface area contributed by atoms with E-state index in [0.29, 0.717) is 0 Å². The average molecular weight is 583 g/mol. The van der Waals surface area contributed by atoms with Gasteiger partial charge in [0.05, 0.1) is 0 Å². The molecule has 9 aromatic rings. The van der Waals surface area contributed by atoms with Gasteiger partial charge < -0.3 is 0 Å². The van der Waals surface area contributed by atoms with Gasteiger partial charge in [-0.15, -0.1) is 0 Å². The highest BCUT2D eigenvalue weighted by Crippen LogP contribution is 2.36. The third-order valence-electron chi connectivity index (χ3n) is 9.42. The van der Waals surface area contributed by atoms with Crippen LogP contribution in [0.2, 0.25) is 0 Å². The summed E-state index contributed by atoms with van der Waals surface area (Å²) in [5, 5.41) is 10.2. The predicted octanol–water partition coefficient (Wildman–Crippen LogP) is 13.0. The lowest BCUT2D eigenvalue weighted by molar-refractivity contribution is 1.60. The van der Waals surface area contributed by atoms with Crippen LogP contribution in [0.4, 0.5) is 0 Å². The van der Waals surface area contributed by atoms with Gasteiger partial charge in [-0.25, -0.2) is 0 Å². The van der Waals surface area contributed by atoms with Gasteiger partial charge in [0.2, 0.25) is 0 Å². The van der Waals surface area contributed by atoms with Crippen LogP contribution in [0.15, 0.2) is 182 Å². The highest BCUT2D eigenvalue weighted by molar-refractivity contribution is 6.13. The molecule has 0 radical (unpaired) electrons. The molecule has 0 heterocycles. The zero-order chi connectivity index (χ0) is 30.5. The van der Waals surface area contributed by atoms with Crippen LogP contribution in [0, 0.1) is 0 Å². The lowest BCUT2D eigenvalue weighted by Crippen LogP contribution is -1.86. The summed E-state index contributed by atoms with van der Waals surface area (Å²) < 4.78 is 0. The van der Waals surface area contributed by atoms with Gasteiger partial charge in [-0.2, -0.15) is 0 Å². The lowest BCUT2D eigenvalue weighted by Gasteiger charge is -2.12. The van der Waals surface area contributed by atoms with Crippen molar-refractivity contribution in [3.8, 4) is 44.5 Å². The van der Waals surface area contributed by atoms with Crippen molar-refractivity contribution in [2.75, 3.05) is 0 Å². The van der Waals surface area contributed by atoms with Crippen molar-refractivity contribution < 1.29 is 0 Å². The fourth-order valence-corrected chi connectivity index (χ4v) is 6.99. The zero-order valence-corrected chi connectivity index (χ0v) is 25.3. The second-order valence-corrected chi connectivity index (χ2v) is 12.2. The van der Waals surface area contributed by atoms with Crippen molar-refractivity contribution >= 4 is 43.1 Å². The van der Waals surface area contributed by atoms with E-state index in [9.17, 15) is 0 Å². The van der Waals surface area contributed by atoms with Crippen LogP contribution >= 0.6 is 0 Å². The van der Waals surface area contributed by atoms with Gasteiger partial charge in [0.15, 0.2) is 0 Å². The van der Waals surface area contributed by atoms with Crippen molar-refractivity contribution in [3.05, 3.63) is 182 Å². The maximum absolute atomic E-state index is 2.33. The first-order chi connectivity index (χ1) is 22.8. The molecular weight excluding hydrogens is 553 g/mol. The average Bonchev–Trinajstić information content (AvgIpc) is 3.14. The second-order valence-electron chi connectivity index (χ2n) is 12.2. The van der Waals surface area contributed by atoms with Gasteiger partial charge in [-0.1, -0.05) is 152 Å². The van der Waals surface area contributed by atoms with Gasteiger partial charge in [0.1, 0.15) is 0 Å². The van der Waals surface area contributed by atoms with E-state index < -0.39 is 0 Å². The SMILES string of the molecule is c1cc(-c2ccc3ccccc3c2)cc(-c2ccc3cc(-c4ccc(-c5cc6ccccc6c6ccccc56)cc4)ccc3c2)c1. The highest BCUT2D eigenvalue weighted by atomic mass is 14.1.